The van der Waals surface area contributed by atoms with E-state index in [1.54, 1.807) is 12.1 Å². The predicted molar refractivity (Wildman–Crippen MR) is 115 cm³/mol. The van der Waals surface area contributed by atoms with Gasteiger partial charge in [-0.1, -0.05) is 20.8 Å². The summed E-state index contributed by atoms with van der Waals surface area (Å²) in [5.41, 5.74) is 1.32. The first-order chi connectivity index (χ1) is 14.5. The van der Waals surface area contributed by atoms with E-state index >= 15 is 0 Å². The van der Waals surface area contributed by atoms with Crippen molar-refractivity contribution in [3.05, 3.63) is 24.0 Å². The number of rotatable bonds is 4. The molecule has 4 rings (SSSR count). The van der Waals surface area contributed by atoms with Crippen molar-refractivity contribution in [2.45, 2.75) is 69.2 Å². The van der Waals surface area contributed by atoms with Gasteiger partial charge in [0.1, 0.15) is 5.82 Å². The minimum atomic E-state index is -3.84. The summed E-state index contributed by atoms with van der Waals surface area (Å²) in [5.74, 6) is -1.38. The molecule has 0 saturated carbocycles. The molecule has 2 aliphatic heterocycles. The van der Waals surface area contributed by atoms with Crippen molar-refractivity contribution >= 4 is 21.1 Å². The monoisotopic (exact) mass is 455 g/mol. The summed E-state index contributed by atoms with van der Waals surface area (Å²) in [6.45, 7) is 8.30. The van der Waals surface area contributed by atoms with Gasteiger partial charge in [-0.15, -0.1) is 0 Å². The maximum Gasteiger partial charge on any atom is 0.250 e. The molecule has 0 unspecified atom stereocenters. The molecule has 0 spiro atoms. The summed E-state index contributed by atoms with van der Waals surface area (Å²) in [7, 11) is -3.84. The highest BCUT2D eigenvalue weighted by Crippen LogP contribution is 2.33. The Morgan fingerprint density at radius 1 is 1.16 bits per heavy atom. The molecule has 0 amide bonds. The van der Waals surface area contributed by atoms with E-state index in [1.807, 2.05) is 6.07 Å². The fraction of sp³-hybridized carbons (Fsp3) is 0.682. The van der Waals surface area contributed by atoms with Crippen LogP contribution in [-0.2, 0) is 26.7 Å². The van der Waals surface area contributed by atoms with E-state index in [9.17, 15) is 17.2 Å². The lowest BCUT2D eigenvalue weighted by Gasteiger charge is -2.30. The van der Waals surface area contributed by atoms with Crippen LogP contribution in [0.2, 0.25) is 0 Å². The first-order valence-electron chi connectivity index (χ1n) is 10.9. The normalized spacial score (nSPS) is 21.6. The molecule has 172 valence electrons. The maximum atomic E-state index is 13.5. The molecular formula is C22H31F2N3O3S. The minimum absolute atomic E-state index is 0.112. The highest BCUT2D eigenvalue weighted by Gasteiger charge is 2.39. The fourth-order valence-corrected chi connectivity index (χ4v) is 5.88. The number of nitrogens with zero attached hydrogens (tertiary/aromatic N) is 3. The molecule has 2 aromatic rings. The third-order valence-corrected chi connectivity index (χ3v) is 8.16. The third kappa shape index (κ3) is 4.64. The van der Waals surface area contributed by atoms with Gasteiger partial charge < -0.3 is 9.30 Å². The van der Waals surface area contributed by atoms with Gasteiger partial charge in [0, 0.05) is 51.1 Å². The number of hydrogen-bond acceptors (Lipinski definition) is 4. The van der Waals surface area contributed by atoms with Crippen LogP contribution in [0.25, 0.3) is 11.0 Å². The molecule has 2 saturated heterocycles. The van der Waals surface area contributed by atoms with Crippen molar-refractivity contribution in [3.63, 3.8) is 0 Å². The average Bonchev–Trinajstić information content (AvgIpc) is 3.07. The molecule has 0 radical (unpaired) electrons. The summed E-state index contributed by atoms with van der Waals surface area (Å²) < 4.78 is 62.0. The number of fused-ring (bicyclic) bond motifs is 1. The second-order valence-corrected chi connectivity index (χ2v) is 11.7. The van der Waals surface area contributed by atoms with Crippen molar-refractivity contribution in [3.8, 4) is 0 Å². The van der Waals surface area contributed by atoms with Crippen LogP contribution in [0.15, 0.2) is 23.1 Å². The molecule has 2 fully saturated rings. The molecule has 0 aliphatic carbocycles. The van der Waals surface area contributed by atoms with Crippen LogP contribution in [0.1, 0.15) is 52.3 Å². The first kappa shape index (κ1) is 22.6. The van der Waals surface area contributed by atoms with Gasteiger partial charge in [0.2, 0.25) is 10.0 Å². The number of halogens is 2. The van der Waals surface area contributed by atoms with E-state index in [1.165, 1.54) is 0 Å². The molecule has 2 aliphatic rings. The number of piperidine rings is 1. The Morgan fingerprint density at radius 3 is 2.42 bits per heavy atom. The Balaban J connectivity index is 1.69. The topological polar surface area (TPSA) is 64.4 Å². The molecular weight excluding hydrogens is 424 g/mol. The van der Waals surface area contributed by atoms with Crippen LogP contribution >= 0.6 is 0 Å². The van der Waals surface area contributed by atoms with Crippen molar-refractivity contribution < 1.29 is 21.9 Å². The number of imidazole rings is 1. The minimum Gasteiger partial charge on any atom is -0.381 e. The van der Waals surface area contributed by atoms with Crippen molar-refractivity contribution in [2.75, 3.05) is 26.3 Å². The maximum absolute atomic E-state index is 13.5. The summed E-state index contributed by atoms with van der Waals surface area (Å²) in [6, 6.07) is 4.98. The lowest BCUT2D eigenvalue weighted by atomic mass is 9.94. The zero-order valence-electron chi connectivity index (χ0n) is 18.4. The SMILES string of the molecule is CC(C)(C)c1nc2cc(S(=O)(=O)N3CCC(F)(F)CC3)ccc2n1CC1CCOCC1. The Morgan fingerprint density at radius 2 is 1.81 bits per heavy atom. The Hall–Kier alpha value is -1.58. The molecule has 3 heterocycles. The molecule has 0 N–H and O–H groups in total. The summed E-state index contributed by atoms with van der Waals surface area (Å²) in [4.78, 5) is 4.93. The highest BCUT2D eigenvalue weighted by atomic mass is 32.2. The van der Waals surface area contributed by atoms with Crippen molar-refractivity contribution in [1.82, 2.24) is 13.9 Å². The zero-order valence-corrected chi connectivity index (χ0v) is 19.2. The van der Waals surface area contributed by atoms with Crippen molar-refractivity contribution in [1.29, 1.82) is 0 Å². The summed E-state index contributed by atoms with van der Waals surface area (Å²) in [6.07, 6.45) is 1.11. The van der Waals surface area contributed by atoms with E-state index in [2.05, 4.69) is 25.3 Å². The van der Waals surface area contributed by atoms with Crippen molar-refractivity contribution in [2.24, 2.45) is 5.92 Å². The Labute approximate surface area is 182 Å². The lowest BCUT2D eigenvalue weighted by Crippen LogP contribution is -2.42. The number of hydrogen-bond donors (Lipinski definition) is 0. The third-order valence-electron chi connectivity index (χ3n) is 6.26. The van der Waals surface area contributed by atoms with Crippen LogP contribution < -0.4 is 0 Å². The van der Waals surface area contributed by atoms with Gasteiger partial charge in [-0.2, -0.15) is 4.31 Å². The van der Waals surface area contributed by atoms with Crippen LogP contribution in [0, 0.1) is 5.92 Å². The van der Waals surface area contributed by atoms with Gasteiger partial charge in [0.05, 0.1) is 15.9 Å². The number of alkyl halides is 2. The van der Waals surface area contributed by atoms with E-state index < -0.39 is 28.8 Å². The second kappa shape index (κ2) is 8.08. The number of benzene rings is 1. The Kier molecular flexibility index (Phi) is 5.89. The smallest absolute Gasteiger partial charge is 0.250 e. The largest absolute Gasteiger partial charge is 0.381 e. The van der Waals surface area contributed by atoms with Gasteiger partial charge >= 0.3 is 0 Å². The van der Waals surface area contributed by atoms with E-state index in [-0.39, 0.29) is 23.4 Å². The zero-order chi connectivity index (χ0) is 22.4. The number of ether oxygens (including phenoxy) is 1. The molecule has 1 aromatic carbocycles. The van der Waals surface area contributed by atoms with Gasteiger partial charge in [-0.3, -0.25) is 0 Å². The molecule has 0 atom stereocenters. The summed E-state index contributed by atoms with van der Waals surface area (Å²) >= 11 is 0. The van der Waals surface area contributed by atoms with Gasteiger partial charge in [-0.25, -0.2) is 22.2 Å². The van der Waals surface area contributed by atoms with Gasteiger partial charge in [0.25, 0.3) is 5.92 Å². The van der Waals surface area contributed by atoms with E-state index in [4.69, 9.17) is 9.72 Å². The Bertz CT molecular complexity index is 1040. The summed E-state index contributed by atoms with van der Waals surface area (Å²) in [5, 5.41) is 0. The predicted octanol–water partition coefficient (Wildman–Crippen LogP) is 4.18. The molecule has 0 bridgehead atoms. The second-order valence-electron chi connectivity index (χ2n) is 9.76. The van der Waals surface area contributed by atoms with Crippen LogP contribution in [0.5, 0.6) is 0 Å². The molecule has 31 heavy (non-hydrogen) atoms. The van der Waals surface area contributed by atoms with E-state index in [0.717, 1.165) is 48.2 Å². The molecule has 1 aromatic heterocycles. The standard InChI is InChI=1S/C22H31F2N3O3S/c1-21(2,3)20-25-18-14-17(31(28,29)26-10-8-22(23,24)9-11-26)4-5-19(18)27(20)15-16-6-12-30-13-7-16/h4-5,14,16H,6-13,15H2,1-3H3. The molecule has 6 nitrogen and oxygen atoms in total. The number of sulfonamides is 1. The average molecular weight is 456 g/mol. The van der Waals surface area contributed by atoms with Gasteiger partial charge in [0.15, 0.2) is 0 Å². The lowest BCUT2D eigenvalue weighted by molar-refractivity contribution is -0.0412. The first-order valence-corrected chi connectivity index (χ1v) is 12.4. The quantitative estimate of drug-likeness (QED) is 0.694. The van der Waals surface area contributed by atoms with Gasteiger partial charge in [-0.05, 0) is 37.0 Å². The highest BCUT2D eigenvalue weighted by molar-refractivity contribution is 7.89. The van der Waals surface area contributed by atoms with Crippen LogP contribution in [0.4, 0.5) is 8.78 Å². The van der Waals surface area contributed by atoms with Crippen LogP contribution in [0.3, 0.4) is 0 Å². The van der Waals surface area contributed by atoms with Crippen LogP contribution in [-0.4, -0.2) is 54.5 Å². The van der Waals surface area contributed by atoms with E-state index in [0.29, 0.717) is 11.4 Å². The number of aromatic nitrogens is 2. The fourth-order valence-electron chi connectivity index (χ4n) is 4.42. The molecule has 9 heteroatoms.